The number of ether oxygens (including phenoxy) is 1. The molecule has 126 valence electrons. The maximum atomic E-state index is 12.4. The third kappa shape index (κ3) is 3.06. The fourth-order valence-electron chi connectivity index (χ4n) is 3.50. The van der Waals surface area contributed by atoms with Gasteiger partial charge >= 0.3 is 0 Å². The molecule has 0 radical (unpaired) electrons. The van der Waals surface area contributed by atoms with Crippen LogP contribution >= 0.6 is 11.3 Å². The van der Waals surface area contributed by atoms with Gasteiger partial charge in [-0.3, -0.25) is 9.69 Å². The first kappa shape index (κ1) is 15.7. The van der Waals surface area contributed by atoms with E-state index in [1.54, 1.807) is 7.11 Å². The third-order valence-corrected chi connectivity index (χ3v) is 6.11. The number of fused-ring (bicyclic) bond motifs is 1. The maximum absolute atomic E-state index is 12.4. The highest BCUT2D eigenvalue weighted by Gasteiger charge is 2.35. The topological polar surface area (TPSA) is 32.8 Å². The predicted molar refractivity (Wildman–Crippen MR) is 95.5 cm³/mol. The van der Waals surface area contributed by atoms with Crippen molar-refractivity contribution in [2.45, 2.75) is 25.4 Å². The zero-order valence-corrected chi connectivity index (χ0v) is 14.7. The smallest absolute Gasteiger partial charge is 0.227 e. The number of rotatable bonds is 4. The van der Waals surface area contributed by atoms with Crippen LogP contribution in [0.2, 0.25) is 0 Å². The minimum atomic E-state index is 0.227. The second kappa shape index (κ2) is 6.57. The van der Waals surface area contributed by atoms with Crippen LogP contribution in [0.5, 0.6) is 5.75 Å². The molecular weight excluding hydrogens is 320 g/mol. The summed E-state index contributed by atoms with van der Waals surface area (Å²) in [6.07, 6.45) is 1.63. The van der Waals surface area contributed by atoms with E-state index in [0.717, 1.165) is 43.9 Å². The Balaban J connectivity index is 1.28. The number of nitrogens with zero attached hydrogens (tertiary/aromatic N) is 2. The van der Waals surface area contributed by atoms with Crippen molar-refractivity contribution < 1.29 is 9.53 Å². The maximum Gasteiger partial charge on any atom is 0.227 e. The molecule has 1 fully saturated rings. The summed E-state index contributed by atoms with van der Waals surface area (Å²) in [6, 6.07) is 10.5. The molecule has 0 atom stereocenters. The number of thiophene rings is 1. The molecule has 2 aliphatic heterocycles. The Labute approximate surface area is 146 Å². The van der Waals surface area contributed by atoms with Crippen molar-refractivity contribution in [3.8, 4) is 5.75 Å². The van der Waals surface area contributed by atoms with Gasteiger partial charge in [0.05, 0.1) is 13.5 Å². The lowest BCUT2D eigenvalue weighted by atomic mass is 10.0. The number of amides is 1. The van der Waals surface area contributed by atoms with Crippen LogP contribution < -0.4 is 4.74 Å². The van der Waals surface area contributed by atoms with Crippen molar-refractivity contribution in [3.63, 3.8) is 0 Å². The van der Waals surface area contributed by atoms with Gasteiger partial charge in [-0.15, -0.1) is 11.3 Å². The molecule has 1 aromatic carbocycles. The van der Waals surface area contributed by atoms with E-state index in [4.69, 9.17) is 4.74 Å². The molecule has 2 aliphatic rings. The SMILES string of the molecule is COc1ccc(CC(=O)N2CC(N3CCc4sccc4C3)C2)cc1. The number of hydrogen-bond donors (Lipinski definition) is 0. The second-order valence-corrected chi connectivity index (χ2v) is 7.57. The van der Waals surface area contributed by atoms with E-state index in [1.165, 1.54) is 10.4 Å². The minimum Gasteiger partial charge on any atom is -0.497 e. The van der Waals surface area contributed by atoms with Crippen LogP contribution in [0.4, 0.5) is 0 Å². The molecule has 24 heavy (non-hydrogen) atoms. The molecular formula is C19H22N2O2S. The Morgan fingerprint density at radius 3 is 2.79 bits per heavy atom. The van der Waals surface area contributed by atoms with Crippen LogP contribution in [0.1, 0.15) is 16.0 Å². The molecule has 1 saturated heterocycles. The number of carbonyl (C=O) groups is 1. The first-order valence-electron chi connectivity index (χ1n) is 8.43. The predicted octanol–water partition coefficient (Wildman–Crippen LogP) is 2.57. The molecule has 4 nitrogen and oxygen atoms in total. The highest BCUT2D eigenvalue weighted by molar-refractivity contribution is 7.10. The van der Waals surface area contributed by atoms with Gasteiger partial charge in [-0.1, -0.05) is 12.1 Å². The quantitative estimate of drug-likeness (QED) is 0.856. The number of hydrogen-bond acceptors (Lipinski definition) is 4. The Morgan fingerprint density at radius 1 is 1.25 bits per heavy atom. The Kier molecular flexibility index (Phi) is 4.29. The van der Waals surface area contributed by atoms with Crippen LogP contribution in [0.15, 0.2) is 35.7 Å². The summed E-state index contributed by atoms with van der Waals surface area (Å²) >= 11 is 1.87. The van der Waals surface area contributed by atoms with Crippen LogP contribution in [0.3, 0.4) is 0 Å². The van der Waals surface area contributed by atoms with E-state index < -0.39 is 0 Å². The number of likely N-dealkylation sites (tertiary alicyclic amines) is 1. The highest BCUT2D eigenvalue weighted by Crippen LogP contribution is 2.28. The van der Waals surface area contributed by atoms with Crippen LogP contribution in [-0.2, 0) is 24.2 Å². The second-order valence-electron chi connectivity index (χ2n) is 6.57. The van der Waals surface area contributed by atoms with Gasteiger partial charge in [-0.2, -0.15) is 0 Å². The van der Waals surface area contributed by atoms with Gasteiger partial charge in [0.2, 0.25) is 5.91 Å². The Hall–Kier alpha value is -1.85. The van der Waals surface area contributed by atoms with Crippen molar-refractivity contribution in [1.82, 2.24) is 9.80 Å². The lowest BCUT2D eigenvalue weighted by molar-refractivity contribution is -0.138. The summed E-state index contributed by atoms with van der Waals surface area (Å²) in [5.74, 6) is 1.05. The molecule has 1 amide bonds. The van der Waals surface area contributed by atoms with Gasteiger partial charge in [0.1, 0.15) is 5.75 Å². The van der Waals surface area contributed by atoms with Crippen LogP contribution in [0, 0.1) is 0 Å². The standard InChI is InChI=1S/C19H22N2O2S/c1-23-17-4-2-14(3-5-17)10-19(22)21-12-16(13-21)20-8-6-18-15(11-20)7-9-24-18/h2-5,7,9,16H,6,8,10-13H2,1H3. The van der Waals surface area contributed by atoms with E-state index in [-0.39, 0.29) is 5.91 Å². The zero-order chi connectivity index (χ0) is 16.5. The van der Waals surface area contributed by atoms with Crippen LogP contribution in [-0.4, -0.2) is 48.5 Å². The molecule has 5 heteroatoms. The van der Waals surface area contributed by atoms with Gasteiger partial charge in [-0.25, -0.2) is 0 Å². The van der Waals surface area contributed by atoms with Gasteiger partial charge in [0.15, 0.2) is 0 Å². The van der Waals surface area contributed by atoms with E-state index in [2.05, 4.69) is 16.3 Å². The van der Waals surface area contributed by atoms with E-state index >= 15 is 0 Å². The summed E-state index contributed by atoms with van der Waals surface area (Å²) in [4.78, 5) is 18.5. The highest BCUT2D eigenvalue weighted by atomic mass is 32.1. The summed E-state index contributed by atoms with van der Waals surface area (Å²) in [5, 5.41) is 2.19. The Morgan fingerprint density at radius 2 is 2.04 bits per heavy atom. The number of methoxy groups -OCH3 is 1. The van der Waals surface area contributed by atoms with Crippen molar-refractivity contribution in [2.24, 2.45) is 0 Å². The molecule has 0 N–H and O–H groups in total. The first-order chi connectivity index (χ1) is 11.7. The molecule has 3 heterocycles. The molecule has 4 rings (SSSR count). The molecule has 1 aromatic heterocycles. The lowest BCUT2D eigenvalue weighted by Gasteiger charge is -2.46. The average molecular weight is 342 g/mol. The van der Waals surface area contributed by atoms with E-state index in [0.29, 0.717) is 12.5 Å². The molecule has 0 bridgehead atoms. The van der Waals surface area contributed by atoms with Crippen molar-refractivity contribution in [1.29, 1.82) is 0 Å². The van der Waals surface area contributed by atoms with Gasteiger partial charge in [0, 0.05) is 37.1 Å². The molecule has 0 aliphatic carbocycles. The van der Waals surface area contributed by atoms with E-state index in [9.17, 15) is 4.79 Å². The summed E-state index contributed by atoms with van der Waals surface area (Å²) in [5.41, 5.74) is 2.53. The minimum absolute atomic E-state index is 0.227. The van der Waals surface area contributed by atoms with Crippen molar-refractivity contribution >= 4 is 17.2 Å². The molecule has 0 unspecified atom stereocenters. The fraction of sp³-hybridized carbons (Fsp3) is 0.421. The Bertz CT molecular complexity index is 719. The summed E-state index contributed by atoms with van der Waals surface area (Å²) < 4.78 is 5.15. The van der Waals surface area contributed by atoms with Gasteiger partial charge < -0.3 is 9.64 Å². The van der Waals surface area contributed by atoms with Crippen LogP contribution in [0.25, 0.3) is 0 Å². The fourth-order valence-corrected chi connectivity index (χ4v) is 4.39. The molecule has 2 aromatic rings. The molecule has 0 saturated carbocycles. The number of carbonyl (C=O) groups excluding carboxylic acids is 1. The number of benzene rings is 1. The van der Waals surface area contributed by atoms with Gasteiger partial charge in [-0.05, 0) is 41.1 Å². The first-order valence-corrected chi connectivity index (χ1v) is 9.31. The van der Waals surface area contributed by atoms with E-state index in [1.807, 2.05) is 40.5 Å². The summed E-state index contributed by atoms with van der Waals surface area (Å²) in [7, 11) is 1.65. The normalized spacial score (nSPS) is 18.1. The third-order valence-electron chi connectivity index (χ3n) is 5.08. The van der Waals surface area contributed by atoms with Crippen molar-refractivity contribution in [2.75, 3.05) is 26.7 Å². The molecule has 0 spiro atoms. The lowest BCUT2D eigenvalue weighted by Crippen LogP contribution is -2.61. The van der Waals surface area contributed by atoms with Gasteiger partial charge in [0.25, 0.3) is 0 Å². The monoisotopic (exact) mass is 342 g/mol. The van der Waals surface area contributed by atoms with Crippen molar-refractivity contribution in [3.05, 3.63) is 51.7 Å². The largest absolute Gasteiger partial charge is 0.497 e. The average Bonchev–Trinajstić information content (AvgIpc) is 3.02. The summed E-state index contributed by atoms with van der Waals surface area (Å²) in [6.45, 7) is 3.91. The zero-order valence-electron chi connectivity index (χ0n) is 13.9.